The minimum Gasteiger partial charge on any atom is -0.482 e. The predicted molar refractivity (Wildman–Crippen MR) is 125 cm³/mol. The Hall–Kier alpha value is -2.69. The Labute approximate surface area is 192 Å². The number of guanidine groups is 1. The van der Waals surface area contributed by atoms with Crippen LogP contribution in [0.1, 0.15) is 12.0 Å². The van der Waals surface area contributed by atoms with Crippen LogP contribution >= 0.6 is 24.0 Å². The van der Waals surface area contributed by atoms with Crippen LogP contribution in [0.25, 0.3) is 0 Å². The van der Waals surface area contributed by atoms with Crippen LogP contribution in [0.2, 0.25) is 0 Å². The predicted octanol–water partition coefficient (Wildman–Crippen LogP) is 2.51. The van der Waals surface area contributed by atoms with Crippen LogP contribution in [0.15, 0.2) is 47.5 Å². The molecule has 30 heavy (non-hydrogen) atoms. The molecule has 8 nitrogen and oxygen atoms in total. The largest absolute Gasteiger partial charge is 0.482 e. The van der Waals surface area contributed by atoms with E-state index in [4.69, 9.17) is 14.2 Å². The molecule has 1 amide bonds. The Morgan fingerprint density at radius 2 is 1.90 bits per heavy atom. The number of nitrogens with one attached hydrogen (secondary N) is 2. The average molecular weight is 524 g/mol. The maximum absolute atomic E-state index is 12.2. The molecule has 2 aromatic carbocycles. The number of halogens is 1. The number of nitrogens with zero attached hydrogens (tertiary/aromatic N) is 2. The van der Waals surface area contributed by atoms with Crippen LogP contribution in [0.5, 0.6) is 17.2 Å². The van der Waals surface area contributed by atoms with Crippen molar-refractivity contribution >= 4 is 41.5 Å². The number of aliphatic imine (C=N–C) groups is 1. The summed E-state index contributed by atoms with van der Waals surface area (Å²) in [6, 6.07) is 13.5. The van der Waals surface area contributed by atoms with Crippen molar-refractivity contribution in [2.75, 3.05) is 38.4 Å². The number of carbonyl (C=O) groups is 1. The summed E-state index contributed by atoms with van der Waals surface area (Å²) in [4.78, 5) is 18.2. The summed E-state index contributed by atoms with van der Waals surface area (Å²) < 4.78 is 16.2. The minimum atomic E-state index is -0.0194. The van der Waals surface area contributed by atoms with E-state index in [1.807, 2.05) is 42.5 Å². The van der Waals surface area contributed by atoms with E-state index in [9.17, 15) is 4.79 Å². The highest BCUT2D eigenvalue weighted by atomic mass is 127. The maximum Gasteiger partial charge on any atom is 0.265 e. The van der Waals surface area contributed by atoms with E-state index in [2.05, 4.69) is 15.6 Å². The van der Waals surface area contributed by atoms with Crippen LogP contribution in [-0.4, -0.2) is 45.4 Å². The van der Waals surface area contributed by atoms with Gasteiger partial charge in [-0.05, 0) is 36.2 Å². The molecule has 4 rings (SSSR count). The third-order valence-electron chi connectivity index (χ3n) is 4.78. The van der Waals surface area contributed by atoms with Gasteiger partial charge in [-0.25, -0.2) is 0 Å². The van der Waals surface area contributed by atoms with Crippen molar-refractivity contribution in [2.24, 2.45) is 4.99 Å². The van der Waals surface area contributed by atoms with Gasteiger partial charge in [0.05, 0.1) is 5.69 Å². The molecule has 0 saturated carbocycles. The maximum atomic E-state index is 12.2. The summed E-state index contributed by atoms with van der Waals surface area (Å²) in [6.45, 7) is 2.28. The van der Waals surface area contributed by atoms with Gasteiger partial charge in [-0.1, -0.05) is 18.2 Å². The summed E-state index contributed by atoms with van der Waals surface area (Å²) in [5.74, 6) is 2.98. The molecule has 2 aliphatic heterocycles. The van der Waals surface area contributed by atoms with Crippen molar-refractivity contribution in [3.05, 3.63) is 48.0 Å². The number of rotatable bonds is 6. The molecule has 2 N–H and O–H groups in total. The lowest BCUT2D eigenvalue weighted by molar-refractivity contribution is -0.121. The molecule has 0 unspecified atom stereocenters. The Morgan fingerprint density at radius 3 is 2.77 bits per heavy atom. The summed E-state index contributed by atoms with van der Waals surface area (Å²) in [7, 11) is 1.73. The highest BCUT2D eigenvalue weighted by Crippen LogP contribution is 2.32. The molecule has 0 aromatic heterocycles. The van der Waals surface area contributed by atoms with Crippen LogP contribution in [-0.2, 0) is 11.3 Å². The molecule has 0 spiro atoms. The molecule has 0 saturated heterocycles. The second-order valence-electron chi connectivity index (χ2n) is 6.70. The van der Waals surface area contributed by atoms with E-state index in [-0.39, 0.29) is 43.3 Å². The second-order valence-corrected chi connectivity index (χ2v) is 6.70. The van der Waals surface area contributed by atoms with E-state index in [1.54, 1.807) is 11.9 Å². The first-order valence-electron chi connectivity index (χ1n) is 9.60. The molecular formula is C21H25IN4O4. The first kappa shape index (κ1) is 22.0. The van der Waals surface area contributed by atoms with Crippen molar-refractivity contribution < 1.29 is 19.0 Å². The van der Waals surface area contributed by atoms with Crippen LogP contribution in [0, 0.1) is 0 Å². The summed E-state index contributed by atoms with van der Waals surface area (Å²) in [5.41, 5.74) is 1.90. The number of fused-ring (bicyclic) bond motifs is 2. The van der Waals surface area contributed by atoms with Gasteiger partial charge in [-0.3, -0.25) is 9.79 Å². The smallest absolute Gasteiger partial charge is 0.265 e. The van der Waals surface area contributed by atoms with Gasteiger partial charge in [0.25, 0.3) is 5.91 Å². The number of ether oxygens (including phenoxy) is 3. The fourth-order valence-electron chi connectivity index (χ4n) is 3.30. The van der Waals surface area contributed by atoms with Crippen molar-refractivity contribution in [1.29, 1.82) is 0 Å². The van der Waals surface area contributed by atoms with Crippen LogP contribution in [0.3, 0.4) is 0 Å². The van der Waals surface area contributed by atoms with Gasteiger partial charge < -0.3 is 29.7 Å². The quantitative estimate of drug-likeness (QED) is 0.262. The first-order chi connectivity index (χ1) is 14.2. The van der Waals surface area contributed by atoms with Gasteiger partial charge in [-0.2, -0.15) is 0 Å². The molecule has 2 aliphatic rings. The molecular weight excluding hydrogens is 499 g/mol. The Bertz CT molecular complexity index is 922. The fraction of sp³-hybridized carbons (Fsp3) is 0.333. The Balaban J connectivity index is 0.00000256. The third kappa shape index (κ3) is 5.07. The molecule has 2 heterocycles. The van der Waals surface area contributed by atoms with Gasteiger partial charge in [0, 0.05) is 26.7 Å². The summed E-state index contributed by atoms with van der Waals surface area (Å²) in [6.07, 6.45) is 0.783. The lowest BCUT2D eigenvalue weighted by Crippen LogP contribution is -2.41. The lowest BCUT2D eigenvalue weighted by Gasteiger charge is -2.29. The number of benzene rings is 2. The molecule has 0 radical (unpaired) electrons. The van der Waals surface area contributed by atoms with Crippen molar-refractivity contribution in [2.45, 2.75) is 13.0 Å². The monoisotopic (exact) mass is 524 g/mol. The number of anilines is 1. The van der Waals surface area contributed by atoms with E-state index in [1.165, 1.54) is 0 Å². The zero-order chi connectivity index (χ0) is 20.1. The zero-order valence-corrected chi connectivity index (χ0v) is 19.1. The van der Waals surface area contributed by atoms with E-state index in [0.717, 1.165) is 34.9 Å². The Morgan fingerprint density at radius 1 is 1.07 bits per heavy atom. The van der Waals surface area contributed by atoms with Gasteiger partial charge in [0.1, 0.15) is 5.75 Å². The summed E-state index contributed by atoms with van der Waals surface area (Å²) in [5, 5.41) is 6.57. The lowest BCUT2D eigenvalue weighted by atomic mass is 10.2. The number of amides is 1. The highest BCUT2D eigenvalue weighted by Gasteiger charge is 2.24. The molecule has 2 aromatic rings. The van der Waals surface area contributed by atoms with Gasteiger partial charge in [-0.15, -0.1) is 24.0 Å². The first-order valence-corrected chi connectivity index (χ1v) is 9.60. The molecule has 0 atom stereocenters. The Kier molecular flexibility index (Phi) is 7.61. The van der Waals surface area contributed by atoms with E-state index < -0.39 is 0 Å². The topological polar surface area (TPSA) is 84.4 Å². The van der Waals surface area contributed by atoms with Crippen LogP contribution in [0.4, 0.5) is 5.69 Å². The van der Waals surface area contributed by atoms with E-state index >= 15 is 0 Å². The average Bonchev–Trinajstić information content (AvgIpc) is 3.22. The van der Waals surface area contributed by atoms with Gasteiger partial charge in [0.15, 0.2) is 24.1 Å². The number of hydrogen-bond donors (Lipinski definition) is 2. The molecule has 9 heteroatoms. The van der Waals surface area contributed by atoms with Gasteiger partial charge in [0.2, 0.25) is 6.79 Å². The SMILES string of the molecule is CN=C(NCCCN1C(=O)COc2ccccc21)NCc1ccc2c(c1)OCO2.I. The van der Waals surface area contributed by atoms with Crippen LogP contribution < -0.4 is 29.7 Å². The minimum absolute atomic E-state index is 0. The van der Waals surface area contributed by atoms with Crippen molar-refractivity contribution in [3.8, 4) is 17.2 Å². The highest BCUT2D eigenvalue weighted by molar-refractivity contribution is 14.0. The third-order valence-corrected chi connectivity index (χ3v) is 4.78. The molecule has 0 bridgehead atoms. The number of carbonyl (C=O) groups excluding carboxylic acids is 1. The van der Waals surface area contributed by atoms with E-state index in [0.29, 0.717) is 25.6 Å². The van der Waals surface area contributed by atoms with Gasteiger partial charge >= 0.3 is 0 Å². The second kappa shape index (κ2) is 10.4. The molecule has 0 aliphatic carbocycles. The molecule has 160 valence electrons. The standard InChI is InChI=1S/C21H24N4O4.HI/c1-22-21(24-12-15-7-8-18-19(11-15)29-14-28-18)23-9-4-10-25-16-5-2-3-6-17(16)27-13-20(25)26;/h2-3,5-8,11H,4,9-10,12-14H2,1H3,(H2,22,23,24);1H. The normalized spacial score (nSPS) is 14.5. The molecule has 0 fully saturated rings. The number of para-hydroxylation sites is 2. The summed E-state index contributed by atoms with van der Waals surface area (Å²) >= 11 is 0. The zero-order valence-electron chi connectivity index (χ0n) is 16.7. The van der Waals surface area contributed by atoms with Crippen molar-refractivity contribution in [3.63, 3.8) is 0 Å². The van der Waals surface area contributed by atoms with Crippen molar-refractivity contribution in [1.82, 2.24) is 10.6 Å². The fourth-order valence-corrected chi connectivity index (χ4v) is 3.30. The number of hydrogen-bond acceptors (Lipinski definition) is 5.